The Morgan fingerprint density at radius 2 is 2.30 bits per heavy atom. The van der Waals surface area contributed by atoms with E-state index in [0.717, 1.165) is 0 Å². The summed E-state index contributed by atoms with van der Waals surface area (Å²) in [5, 5.41) is 3.34. The van der Waals surface area contributed by atoms with Gasteiger partial charge in [-0.1, -0.05) is 19.0 Å². The number of hydrogen-bond acceptors (Lipinski definition) is 2. The van der Waals surface area contributed by atoms with E-state index in [1.165, 1.54) is 0 Å². The summed E-state index contributed by atoms with van der Waals surface area (Å²) >= 11 is 0. The van der Waals surface area contributed by atoms with E-state index < -0.39 is 6.04 Å². The van der Waals surface area contributed by atoms with E-state index in [1.54, 1.807) is 6.92 Å². The van der Waals surface area contributed by atoms with Gasteiger partial charge in [0.15, 0.2) is 0 Å². The third-order valence-corrected chi connectivity index (χ3v) is 1.30. The monoisotopic (exact) mass is 141 g/mol. The molecule has 0 N–H and O–H groups in total. The Kier molecular flexibility index (Phi) is 4.33. The largest absolute Gasteiger partial charge is 0.299 e. The Morgan fingerprint density at radius 1 is 1.70 bits per heavy atom. The first-order valence-corrected chi connectivity index (χ1v) is 3.33. The lowest BCUT2D eigenvalue weighted by Crippen LogP contribution is -2.15. The van der Waals surface area contributed by atoms with Crippen molar-refractivity contribution in [2.45, 2.75) is 32.7 Å². The summed E-state index contributed by atoms with van der Waals surface area (Å²) in [7, 11) is 0. The first kappa shape index (κ1) is 8.98. The molecule has 1 atom stereocenters. The highest BCUT2D eigenvalue weighted by atomic mass is 16.1. The summed E-state index contributed by atoms with van der Waals surface area (Å²) in [5.74, 6) is 0.0142. The van der Waals surface area contributed by atoms with Crippen LogP contribution in [0, 0.1) is 0 Å². The fourth-order valence-electron chi connectivity index (χ4n) is 0.672. The lowest BCUT2D eigenvalue weighted by molar-refractivity contribution is -0.120. The minimum atomic E-state index is -0.449. The molecule has 0 amide bonds. The Bertz CT molecular complexity index is 160. The second kappa shape index (κ2) is 4.82. The third kappa shape index (κ3) is 2.51. The van der Waals surface area contributed by atoms with Crippen molar-refractivity contribution >= 4 is 5.78 Å². The van der Waals surface area contributed by atoms with Gasteiger partial charge in [0.1, 0.15) is 5.78 Å². The molecule has 0 heterocycles. The Morgan fingerprint density at radius 3 is 2.60 bits per heavy atom. The van der Waals surface area contributed by atoms with E-state index in [4.69, 9.17) is 5.53 Å². The summed E-state index contributed by atoms with van der Waals surface area (Å²) in [6, 6.07) is -0.449. The predicted octanol–water partition coefficient (Wildman–Crippen LogP) is 2.05. The molecule has 0 aromatic heterocycles. The molecule has 0 aliphatic carbocycles. The van der Waals surface area contributed by atoms with Crippen LogP contribution in [0.1, 0.15) is 26.7 Å². The molecule has 56 valence electrons. The molecule has 10 heavy (non-hydrogen) atoms. The number of hydrogen-bond donors (Lipinski definition) is 0. The number of ketones is 1. The molecule has 0 rings (SSSR count). The fraction of sp³-hybridized carbons (Fsp3) is 0.833. The van der Waals surface area contributed by atoms with Crippen LogP contribution in [0.4, 0.5) is 0 Å². The molecule has 0 bridgehead atoms. The molecule has 0 saturated heterocycles. The van der Waals surface area contributed by atoms with E-state index in [0.29, 0.717) is 12.8 Å². The smallest absolute Gasteiger partial charge is 0.141 e. The Labute approximate surface area is 59.9 Å². The lowest BCUT2D eigenvalue weighted by Gasteiger charge is -2.02. The molecule has 0 aliphatic heterocycles. The van der Waals surface area contributed by atoms with Crippen molar-refractivity contribution in [3.8, 4) is 0 Å². The number of carbonyl (C=O) groups is 1. The highest BCUT2D eigenvalue weighted by molar-refractivity contribution is 5.83. The van der Waals surface area contributed by atoms with Crippen LogP contribution in [-0.4, -0.2) is 11.8 Å². The van der Waals surface area contributed by atoms with Gasteiger partial charge in [0, 0.05) is 11.3 Å². The maximum absolute atomic E-state index is 10.9. The van der Waals surface area contributed by atoms with Gasteiger partial charge in [-0.05, 0) is 12.0 Å². The summed E-state index contributed by atoms with van der Waals surface area (Å²) in [5.41, 5.74) is 8.02. The first-order chi connectivity index (χ1) is 4.76. The van der Waals surface area contributed by atoms with Crippen LogP contribution in [-0.2, 0) is 4.79 Å². The SMILES string of the molecule is CCC(=O)[C@H](CC)N=[N+]=[N-]. The molecule has 0 radical (unpaired) electrons. The van der Waals surface area contributed by atoms with Crippen molar-refractivity contribution in [2.75, 3.05) is 0 Å². The van der Waals surface area contributed by atoms with Crippen LogP contribution in [0.25, 0.3) is 10.4 Å². The van der Waals surface area contributed by atoms with Gasteiger partial charge in [-0.15, -0.1) is 0 Å². The van der Waals surface area contributed by atoms with Crippen molar-refractivity contribution in [3.63, 3.8) is 0 Å². The maximum Gasteiger partial charge on any atom is 0.141 e. The zero-order valence-corrected chi connectivity index (χ0v) is 6.24. The van der Waals surface area contributed by atoms with Gasteiger partial charge in [0.05, 0.1) is 6.04 Å². The van der Waals surface area contributed by atoms with Crippen LogP contribution in [0.2, 0.25) is 0 Å². The summed E-state index contributed by atoms with van der Waals surface area (Å²) in [6.07, 6.45) is 1.04. The molecule has 0 spiro atoms. The zero-order chi connectivity index (χ0) is 7.98. The first-order valence-electron chi connectivity index (χ1n) is 3.33. The molecular weight excluding hydrogens is 130 g/mol. The number of nitrogens with zero attached hydrogens (tertiary/aromatic N) is 3. The summed E-state index contributed by atoms with van der Waals surface area (Å²) in [4.78, 5) is 13.4. The second-order valence-corrected chi connectivity index (χ2v) is 1.95. The highest BCUT2D eigenvalue weighted by Gasteiger charge is 2.10. The summed E-state index contributed by atoms with van der Waals surface area (Å²) < 4.78 is 0. The number of azide groups is 1. The highest BCUT2D eigenvalue weighted by Crippen LogP contribution is 2.01. The Hall–Kier alpha value is -1.02. The maximum atomic E-state index is 10.9. The van der Waals surface area contributed by atoms with Gasteiger partial charge in [0.2, 0.25) is 0 Å². The quantitative estimate of drug-likeness (QED) is 0.335. The molecule has 0 aromatic rings. The molecule has 0 aromatic carbocycles. The fourth-order valence-corrected chi connectivity index (χ4v) is 0.672. The van der Waals surface area contributed by atoms with E-state index in [-0.39, 0.29) is 5.78 Å². The van der Waals surface area contributed by atoms with Gasteiger partial charge >= 0.3 is 0 Å². The van der Waals surface area contributed by atoms with E-state index in [1.807, 2.05) is 6.92 Å². The van der Waals surface area contributed by atoms with Crippen LogP contribution in [0.3, 0.4) is 0 Å². The normalized spacial score (nSPS) is 11.8. The van der Waals surface area contributed by atoms with Crippen molar-refractivity contribution in [3.05, 3.63) is 10.4 Å². The van der Waals surface area contributed by atoms with Gasteiger partial charge in [0.25, 0.3) is 0 Å². The average molecular weight is 141 g/mol. The molecule has 4 heteroatoms. The number of carbonyl (C=O) groups excluding carboxylic acids is 1. The van der Waals surface area contributed by atoms with Gasteiger partial charge in [-0.25, -0.2) is 0 Å². The minimum Gasteiger partial charge on any atom is -0.299 e. The molecule has 0 saturated carbocycles. The van der Waals surface area contributed by atoms with Crippen molar-refractivity contribution < 1.29 is 4.79 Å². The molecular formula is C6H11N3O. The van der Waals surface area contributed by atoms with Crippen LogP contribution < -0.4 is 0 Å². The third-order valence-electron chi connectivity index (χ3n) is 1.30. The number of rotatable bonds is 4. The Balaban J connectivity index is 4.05. The zero-order valence-electron chi connectivity index (χ0n) is 6.24. The van der Waals surface area contributed by atoms with Crippen LogP contribution in [0.5, 0.6) is 0 Å². The minimum absolute atomic E-state index is 0.0142. The second-order valence-electron chi connectivity index (χ2n) is 1.95. The number of Topliss-reactive ketones (excluding diaryl/α,β-unsaturated/α-hetero) is 1. The van der Waals surface area contributed by atoms with E-state index in [9.17, 15) is 4.79 Å². The van der Waals surface area contributed by atoms with Crippen LogP contribution in [0.15, 0.2) is 5.11 Å². The van der Waals surface area contributed by atoms with Crippen molar-refractivity contribution in [1.29, 1.82) is 0 Å². The van der Waals surface area contributed by atoms with Gasteiger partial charge in [-0.3, -0.25) is 4.79 Å². The van der Waals surface area contributed by atoms with Crippen molar-refractivity contribution in [1.82, 2.24) is 0 Å². The van der Waals surface area contributed by atoms with Crippen LogP contribution >= 0.6 is 0 Å². The van der Waals surface area contributed by atoms with Crippen molar-refractivity contribution in [2.24, 2.45) is 5.11 Å². The predicted molar refractivity (Wildman–Crippen MR) is 38.5 cm³/mol. The topological polar surface area (TPSA) is 65.8 Å². The standard InChI is InChI=1S/C6H11N3O/c1-3-5(8-9-7)6(10)4-2/h5H,3-4H2,1-2H3/t5-/m0/s1. The molecule has 0 fully saturated rings. The van der Waals surface area contributed by atoms with E-state index in [2.05, 4.69) is 10.0 Å². The summed E-state index contributed by atoms with van der Waals surface area (Å²) in [6.45, 7) is 3.59. The van der Waals surface area contributed by atoms with Gasteiger partial charge in [-0.2, -0.15) is 0 Å². The molecule has 0 unspecified atom stereocenters. The van der Waals surface area contributed by atoms with E-state index >= 15 is 0 Å². The lowest BCUT2D eigenvalue weighted by atomic mass is 10.1. The molecule has 4 nitrogen and oxygen atoms in total. The average Bonchev–Trinajstić information content (AvgIpc) is 1.99. The molecule has 0 aliphatic rings. The van der Waals surface area contributed by atoms with Gasteiger partial charge < -0.3 is 0 Å².